The molecule has 0 saturated carbocycles. The Morgan fingerprint density at radius 1 is 0.846 bits per heavy atom. The maximum atomic E-state index is 13.0. The van der Waals surface area contributed by atoms with E-state index in [9.17, 15) is 4.79 Å². The molecule has 1 atom stereocenters. The Morgan fingerprint density at radius 2 is 1.42 bits per heavy atom. The summed E-state index contributed by atoms with van der Waals surface area (Å²) in [6.45, 7) is 2.46. The number of ketones is 1. The number of benzene rings is 1. The molecular formula is C22H20NOS2+. The number of hydrogen-bond donors (Lipinski definition) is 1. The van der Waals surface area contributed by atoms with Crippen molar-refractivity contribution in [2.24, 2.45) is 0 Å². The van der Waals surface area contributed by atoms with Crippen molar-refractivity contribution < 1.29 is 9.69 Å². The molecule has 1 unspecified atom stereocenters. The van der Waals surface area contributed by atoms with Crippen LogP contribution in [0.3, 0.4) is 0 Å². The van der Waals surface area contributed by atoms with Crippen molar-refractivity contribution in [3.05, 3.63) is 91.8 Å². The quantitative estimate of drug-likeness (QED) is 0.682. The van der Waals surface area contributed by atoms with Crippen LogP contribution < -0.4 is 4.90 Å². The number of hydrogen-bond acceptors (Lipinski definition) is 3. The van der Waals surface area contributed by atoms with Crippen LogP contribution in [0.25, 0.3) is 12.2 Å². The molecule has 2 nitrogen and oxygen atoms in total. The smallest absolute Gasteiger partial charge is 0.196 e. The number of carbonyl (C=O) groups excluding carboxylic acids is 1. The third-order valence-electron chi connectivity index (χ3n) is 4.53. The summed E-state index contributed by atoms with van der Waals surface area (Å²) in [5, 5.41) is 8.29. The van der Waals surface area contributed by atoms with Gasteiger partial charge in [-0.25, -0.2) is 0 Å². The van der Waals surface area contributed by atoms with Gasteiger partial charge in [-0.15, -0.1) is 0 Å². The maximum Gasteiger partial charge on any atom is 0.196 e. The topological polar surface area (TPSA) is 21.5 Å². The van der Waals surface area contributed by atoms with Crippen molar-refractivity contribution in [2.75, 3.05) is 13.1 Å². The fourth-order valence-corrected chi connectivity index (χ4v) is 4.56. The summed E-state index contributed by atoms with van der Waals surface area (Å²) < 4.78 is 0. The van der Waals surface area contributed by atoms with Gasteiger partial charge >= 0.3 is 0 Å². The zero-order chi connectivity index (χ0) is 17.8. The highest BCUT2D eigenvalue weighted by Gasteiger charge is 2.29. The second-order valence-electron chi connectivity index (χ2n) is 6.55. The molecule has 1 aliphatic rings. The van der Waals surface area contributed by atoms with Gasteiger partial charge in [-0.05, 0) is 56.9 Å². The maximum absolute atomic E-state index is 13.0. The molecule has 0 amide bonds. The number of rotatable bonds is 4. The van der Waals surface area contributed by atoms with E-state index >= 15 is 0 Å². The highest BCUT2D eigenvalue weighted by atomic mass is 32.1. The second-order valence-corrected chi connectivity index (χ2v) is 8.11. The molecule has 2 aromatic heterocycles. The first-order valence-electron chi connectivity index (χ1n) is 8.66. The molecule has 4 rings (SSSR count). The molecule has 26 heavy (non-hydrogen) atoms. The van der Waals surface area contributed by atoms with Crippen molar-refractivity contribution in [2.45, 2.75) is 6.54 Å². The molecule has 130 valence electrons. The monoisotopic (exact) mass is 378 g/mol. The van der Waals surface area contributed by atoms with Crippen molar-refractivity contribution in [3.8, 4) is 0 Å². The Balaban J connectivity index is 1.64. The molecule has 1 saturated heterocycles. The number of piperidine rings is 1. The lowest BCUT2D eigenvalue weighted by molar-refractivity contribution is -0.904. The van der Waals surface area contributed by atoms with E-state index in [4.69, 9.17) is 0 Å². The summed E-state index contributed by atoms with van der Waals surface area (Å²) in [6, 6.07) is 14.7. The van der Waals surface area contributed by atoms with Gasteiger partial charge in [0.2, 0.25) is 0 Å². The lowest BCUT2D eigenvalue weighted by Gasteiger charge is -2.27. The summed E-state index contributed by atoms with van der Waals surface area (Å²) in [5.74, 6) is 0.194. The van der Waals surface area contributed by atoms with E-state index in [0.717, 1.165) is 41.9 Å². The average molecular weight is 379 g/mol. The van der Waals surface area contributed by atoms with E-state index in [-0.39, 0.29) is 5.78 Å². The van der Waals surface area contributed by atoms with Crippen LogP contribution in [0.4, 0.5) is 0 Å². The highest BCUT2D eigenvalue weighted by molar-refractivity contribution is 7.08. The fourth-order valence-electron chi connectivity index (χ4n) is 3.33. The minimum atomic E-state index is 0.194. The van der Waals surface area contributed by atoms with Crippen LogP contribution >= 0.6 is 22.7 Å². The third kappa shape index (κ3) is 4.10. The summed E-state index contributed by atoms with van der Waals surface area (Å²) in [7, 11) is 0. The Labute approximate surface area is 161 Å². The summed E-state index contributed by atoms with van der Waals surface area (Å²) >= 11 is 3.32. The van der Waals surface area contributed by atoms with Gasteiger partial charge in [0.25, 0.3) is 0 Å². The minimum Gasteiger partial charge on any atom is -0.323 e. The molecule has 0 bridgehead atoms. The molecule has 0 radical (unpaired) electrons. The molecule has 1 aliphatic heterocycles. The molecular weight excluding hydrogens is 358 g/mol. The van der Waals surface area contributed by atoms with Crippen LogP contribution in [0, 0.1) is 0 Å². The Bertz CT molecular complexity index is 866. The van der Waals surface area contributed by atoms with Crippen LogP contribution in [-0.4, -0.2) is 18.9 Å². The van der Waals surface area contributed by atoms with Gasteiger partial charge in [0.05, 0.1) is 11.1 Å². The largest absolute Gasteiger partial charge is 0.323 e. The van der Waals surface area contributed by atoms with Crippen molar-refractivity contribution in [3.63, 3.8) is 0 Å². The average Bonchev–Trinajstić information content (AvgIpc) is 3.34. The lowest BCUT2D eigenvalue weighted by atomic mass is 9.94. The van der Waals surface area contributed by atoms with E-state index in [0.29, 0.717) is 0 Å². The number of quaternary nitrogens is 1. The number of thiophene rings is 2. The van der Waals surface area contributed by atoms with Crippen molar-refractivity contribution in [1.82, 2.24) is 0 Å². The zero-order valence-corrected chi connectivity index (χ0v) is 16.0. The zero-order valence-electron chi connectivity index (χ0n) is 14.4. The summed E-state index contributed by atoms with van der Waals surface area (Å²) in [5.41, 5.74) is 5.36. The van der Waals surface area contributed by atoms with Gasteiger partial charge in [-0.1, -0.05) is 30.3 Å². The van der Waals surface area contributed by atoms with Crippen LogP contribution in [0.15, 0.2) is 75.1 Å². The predicted octanol–water partition coefficient (Wildman–Crippen LogP) is 3.94. The Morgan fingerprint density at radius 3 is 1.92 bits per heavy atom. The standard InChI is InChI=1S/C22H19NOS2/c24-22-20(10-18-6-8-25-15-18)13-23(12-17-4-2-1-3-5-17)14-21(22)11-19-7-9-26-16-19/h1-11,15-16H,12-14H2/p+1/b20-10-,21-11+. The molecule has 1 fully saturated rings. The fraction of sp³-hybridized carbons (Fsp3) is 0.136. The highest BCUT2D eigenvalue weighted by Crippen LogP contribution is 2.18. The summed E-state index contributed by atoms with van der Waals surface area (Å²) in [6.07, 6.45) is 4.12. The Hall–Kier alpha value is -2.27. The van der Waals surface area contributed by atoms with Crippen molar-refractivity contribution >= 4 is 40.6 Å². The van der Waals surface area contributed by atoms with E-state index in [1.807, 2.05) is 6.07 Å². The molecule has 3 aromatic rings. The Kier molecular flexibility index (Phi) is 5.25. The SMILES string of the molecule is O=C1/C(=C\c2ccsc2)C[NH+](Cc2ccccc2)C/C1=C\c1ccsc1. The van der Waals surface area contributed by atoms with Gasteiger partial charge in [-0.2, -0.15) is 22.7 Å². The second kappa shape index (κ2) is 7.96. The van der Waals surface area contributed by atoms with E-state index in [2.05, 4.69) is 70.1 Å². The van der Waals surface area contributed by atoms with Gasteiger partial charge in [0.15, 0.2) is 5.78 Å². The van der Waals surface area contributed by atoms with Crippen LogP contribution in [0.1, 0.15) is 16.7 Å². The first-order valence-corrected chi connectivity index (χ1v) is 10.5. The normalized spacial score (nSPS) is 20.8. The number of carbonyl (C=O) groups is 1. The number of Topliss-reactive ketones (excluding diaryl/α,β-unsaturated/α-hetero) is 1. The molecule has 1 aromatic carbocycles. The van der Waals surface area contributed by atoms with E-state index < -0.39 is 0 Å². The first-order chi connectivity index (χ1) is 12.8. The molecule has 1 N–H and O–H groups in total. The lowest BCUT2D eigenvalue weighted by Crippen LogP contribution is -3.12. The first kappa shape index (κ1) is 17.2. The predicted molar refractivity (Wildman–Crippen MR) is 110 cm³/mol. The molecule has 4 heteroatoms. The van der Waals surface area contributed by atoms with E-state index in [1.54, 1.807) is 22.7 Å². The number of likely N-dealkylation sites (tertiary alicyclic amines) is 1. The van der Waals surface area contributed by atoms with Crippen LogP contribution in [0.5, 0.6) is 0 Å². The van der Waals surface area contributed by atoms with Gasteiger partial charge in [-0.3, -0.25) is 4.79 Å². The summed E-state index contributed by atoms with van der Waals surface area (Å²) in [4.78, 5) is 14.4. The van der Waals surface area contributed by atoms with Crippen molar-refractivity contribution in [1.29, 1.82) is 0 Å². The van der Waals surface area contributed by atoms with E-state index in [1.165, 1.54) is 10.5 Å². The van der Waals surface area contributed by atoms with Crippen LogP contribution in [0.2, 0.25) is 0 Å². The third-order valence-corrected chi connectivity index (χ3v) is 5.93. The molecule has 0 spiro atoms. The minimum absolute atomic E-state index is 0.194. The molecule has 3 heterocycles. The van der Waals surface area contributed by atoms with Gasteiger partial charge in [0, 0.05) is 5.56 Å². The van der Waals surface area contributed by atoms with Crippen LogP contribution in [-0.2, 0) is 11.3 Å². The van der Waals surface area contributed by atoms with Gasteiger partial charge in [0.1, 0.15) is 19.6 Å². The molecule has 0 aliphatic carbocycles. The number of nitrogens with one attached hydrogen (secondary N) is 1. The van der Waals surface area contributed by atoms with Gasteiger partial charge < -0.3 is 4.90 Å².